The molecule has 8 heteroatoms. The van der Waals surface area contributed by atoms with Crippen LogP contribution in [-0.4, -0.2) is 13.4 Å². The van der Waals surface area contributed by atoms with Gasteiger partial charge in [0.15, 0.2) is 0 Å². The molecule has 0 unspecified atom stereocenters. The molecule has 2 heterocycles. The fraction of sp³-hybridized carbons (Fsp3) is 0.0625. The van der Waals surface area contributed by atoms with Crippen molar-refractivity contribution in [3.63, 3.8) is 0 Å². The molecule has 4 nitrogen and oxygen atoms in total. The van der Waals surface area contributed by atoms with E-state index in [0.717, 1.165) is 16.7 Å². The van der Waals surface area contributed by atoms with Crippen LogP contribution in [0.2, 0.25) is 10.0 Å². The molecule has 0 radical (unpaired) electrons. The van der Waals surface area contributed by atoms with Gasteiger partial charge in [-0.1, -0.05) is 29.3 Å². The number of benzene rings is 1. The first-order valence-corrected chi connectivity index (χ1v) is 10.1. The van der Waals surface area contributed by atoms with E-state index in [1.807, 2.05) is 22.9 Å². The molecule has 124 valence electrons. The number of sulfonamides is 1. The summed E-state index contributed by atoms with van der Waals surface area (Å²) in [5.74, 6) is 0. The van der Waals surface area contributed by atoms with Gasteiger partial charge in [0.25, 0.3) is 0 Å². The Morgan fingerprint density at radius 1 is 1.08 bits per heavy atom. The van der Waals surface area contributed by atoms with Crippen LogP contribution in [0.15, 0.2) is 58.4 Å². The molecule has 3 aromatic rings. The van der Waals surface area contributed by atoms with Gasteiger partial charge in [0, 0.05) is 24.5 Å². The number of hydrogen-bond acceptors (Lipinski definition) is 4. The number of halogens is 2. The molecular weight excluding hydrogens is 387 g/mol. The normalized spacial score (nSPS) is 11.6. The van der Waals surface area contributed by atoms with Crippen LogP contribution < -0.4 is 4.72 Å². The zero-order valence-electron chi connectivity index (χ0n) is 12.2. The summed E-state index contributed by atoms with van der Waals surface area (Å²) >= 11 is 13.5. The summed E-state index contributed by atoms with van der Waals surface area (Å²) in [6, 6.07) is 8.45. The standard InChI is InChI=1S/C16H12Cl2N2O2S2/c17-14-2-1-3-15(18)16(14)24(21,22)20-8-11-6-13(9-19-7-11)12-4-5-23-10-12/h1-7,9-10,20H,8H2. The maximum absolute atomic E-state index is 12.5. The molecule has 24 heavy (non-hydrogen) atoms. The minimum atomic E-state index is -3.83. The second-order valence-corrected chi connectivity index (χ2v) is 8.27. The van der Waals surface area contributed by atoms with Gasteiger partial charge in [-0.3, -0.25) is 4.98 Å². The summed E-state index contributed by atoms with van der Waals surface area (Å²) in [7, 11) is -3.83. The summed E-state index contributed by atoms with van der Waals surface area (Å²) in [6.07, 6.45) is 3.36. The van der Waals surface area contributed by atoms with E-state index in [0.29, 0.717) is 0 Å². The van der Waals surface area contributed by atoms with Crippen molar-refractivity contribution in [3.05, 3.63) is 69.1 Å². The molecule has 0 saturated carbocycles. The molecule has 0 bridgehead atoms. The lowest BCUT2D eigenvalue weighted by atomic mass is 10.1. The molecule has 0 saturated heterocycles. The molecule has 0 spiro atoms. The first kappa shape index (κ1) is 17.4. The van der Waals surface area contributed by atoms with Crippen molar-refractivity contribution < 1.29 is 8.42 Å². The number of pyridine rings is 1. The number of nitrogens with one attached hydrogen (secondary N) is 1. The Hall–Kier alpha value is -1.44. The highest BCUT2D eigenvalue weighted by Gasteiger charge is 2.21. The number of hydrogen-bond donors (Lipinski definition) is 1. The van der Waals surface area contributed by atoms with Gasteiger partial charge in [0.05, 0.1) is 10.0 Å². The van der Waals surface area contributed by atoms with Crippen LogP contribution >= 0.6 is 34.5 Å². The van der Waals surface area contributed by atoms with Gasteiger partial charge in [0.1, 0.15) is 4.90 Å². The van der Waals surface area contributed by atoms with E-state index in [1.54, 1.807) is 29.8 Å². The summed E-state index contributed by atoms with van der Waals surface area (Å²) < 4.78 is 27.4. The first-order valence-electron chi connectivity index (χ1n) is 6.87. The predicted molar refractivity (Wildman–Crippen MR) is 98.0 cm³/mol. The van der Waals surface area contributed by atoms with Gasteiger partial charge in [-0.25, -0.2) is 13.1 Å². The third-order valence-electron chi connectivity index (χ3n) is 3.30. The summed E-state index contributed by atoms with van der Waals surface area (Å²) in [5.41, 5.74) is 2.72. The number of aromatic nitrogens is 1. The van der Waals surface area contributed by atoms with Crippen molar-refractivity contribution in [2.24, 2.45) is 0 Å². The molecule has 1 N–H and O–H groups in total. The maximum Gasteiger partial charge on any atom is 0.243 e. The van der Waals surface area contributed by atoms with Gasteiger partial charge < -0.3 is 0 Å². The van der Waals surface area contributed by atoms with Crippen molar-refractivity contribution in [3.8, 4) is 11.1 Å². The van der Waals surface area contributed by atoms with Gasteiger partial charge in [-0.05, 0) is 46.2 Å². The number of nitrogens with zero attached hydrogens (tertiary/aromatic N) is 1. The lowest BCUT2D eigenvalue weighted by molar-refractivity contribution is 0.581. The van der Waals surface area contributed by atoms with E-state index < -0.39 is 10.0 Å². The van der Waals surface area contributed by atoms with Crippen molar-refractivity contribution in [2.75, 3.05) is 0 Å². The SMILES string of the molecule is O=S(=O)(NCc1cncc(-c2ccsc2)c1)c1c(Cl)cccc1Cl. The fourth-order valence-electron chi connectivity index (χ4n) is 2.16. The van der Waals surface area contributed by atoms with Crippen LogP contribution in [0.4, 0.5) is 0 Å². The van der Waals surface area contributed by atoms with E-state index in [1.165, 1.54) is 12.1 Å². The minimum absolute atomic E-state index is 0.0835. The van der Waals surface area contributed by atoms with Crippen LogP contribution in [0, 0.1) is 0 Å². The molecule has 0 atom stereocenters. The third kappa shape index (κ3) is 3.79. The van der Waals surface area contributed by atoms with E-state index in [4.69, 9.17) is 23.2 Å². The average Bonchev–Trinajstić information content (AvgIpc) is 3.07. The number of thiophene rings is 1. The van der Waals surface area contributed by atoms with Gasteiger partial charge in [-0.2, -0.15) is 11.3 Å². The zero-order valence-corrected chi connectivity index (χ0v) is 15.4. The Kier molecular flexibility index (Phi) is 5.22. The Balaban J connectivity index is 1.82. The molecule has 0 aliphatic heterocycles. The van der Waals surface area contributed by atoms with Crippen molar-refractivity contribution in [1.29, 1.82) is 0 Å². The quantitative estimate of drug-likeness (QED) is 0.683. The van der Waals surface area contributed by atoms with E-state index in [9.17, 15) is 8.42 Å². The summed E-state index contributed by atoms with van der Waals surface area (Å²) in [4.78, 5) is 4.05. The highest BCUT2D eigenvalue weighted by Crippen LogP contribution is 2.29. The van der Waals surface area contributed by atoms with Crippen LogP contribution in [0.3, 0.4) is 0 Å². The van der Waals surface area contributed by atoms with Crippen molar-refractivity contribution in [1.82, 2.24) is 9.71 Å². The predicted octanol–water partition coefficient (Wildman–Crippen LogP) is 4.60. The second kappa shape index (κ2) is 7.21. The minimum Gasteiger partial charge on any atom is -0.264 e. The smallest absolute Gasteiger partial charge is 0.243 e. The van der Waals surface area contributed by atoms with Crippen LogP contribution in [0.5, 0.6) is 0 Å². The molecule has 1 aromatic carbocycles. The van der Waals surface area contributed by atoms with Crippen molar-refractivity contribution >= 4 is 44.6 Å². The average molecular weight is 399 g/mol. The summed E-state index contributed by atoms with van der Waals surface area (Å²) in [6.45, 7) is 0.0921. The third-order valence-corrected chi connectivity index (χ3v) is 6.34. The van der Waals surface area contributed by atoms with Gasteiger partial charge >= 0.3 is 0 Å². The van der Waals surface area contributed by atoms with Gasteiger partial charge in [0.2, 0.25) is 10.0 Å². The highest BCUT2D eigenvalue weighted by molar-refractivity contribution is 7.89. The molecule has 2 aromatic heterocycles. The molecule has 0 amide bonds. The highest BCUT2D eigenvalue weighted by atomic mass is 35.5. The lowest BCUT2D eigenvalue weighted by Crippen LogP contribution is -2.24. The van der Waals surface area contributed by atoms with E-state index in [2.05, 4.69) is 9.71 Å². The lowest BCUT2D eigenvalue weighted by Gasteiger charge is -2.10. The summed E-state index contributed by atoms with van der Waals surface area (Å²) in [5, 5.41) is 4.15. The molecule has 3 rings (SSSR count). The molecule has 0 aliphatic rings. The van der Waals surface area contributed by atoms with Crippen LogP contribution in [0.25, 0.3) is 11.1 Å². The fourth-order valence-corrected chi connectivity index (χ4v) is 4.98. The Morgan fingerprint density at radius 2 is 1.83 bits per heavy atom. The topological polar surface area (TPSA) is 59.1 Å². The second-order valence-electron chi connectivity index (χ2n) is 4.97. The van der Waals surface area contributed by atoms with Crippen molar-refractivity contribution in [2.45, 2.75) is 11.4 Å². The molecule has 0 aliphatic carbocycles. The van der Waals surface area contributed by atoms with E-state index in [-0.39, 0.29) is 21.5 Å². The Bertz CT molecular complexity index is 938. The largest absolute Gasteiger partial charge is 0.264 e. The zero-order chi connectivity index (χ0) is 17.2. The van der Waals surface area contributed by atoms with Crippen LogP contribution in [-0.2, 0) is 16.6 Å². The molecular formula is C16H12Cl2N2O2S2. The first-order chi connectivity index (χ1) is 11.5. The van der Waals surface area contributed by atoms with Gasteiger partial charge in [-0.15, -0.1) is 0 Å². The Labute approximate surface area is 154 Å². The maximum atomic E-state index is 12.5. The monoisotopic (exact) mass is 398 g/mol. The molecule has 0 fully saturated rings. The van der Waals surface area contributed by atoms with E-state index >= 15 is 0 Å². The number of rotatable bonds is 5. The van der Waals surface area contributed by atoms with Crippen LogP contribution in [0.1, 0.15) is 5.56 Å². The Morgan fingerprint density at radius 3 is 2.50 bits per heavy atom.